The fourth-order valence-corrected chi connectivity index (χ4v) is 4.46. The maximum Gasteiger partial charge on any atom is 0.293 e. The Hall–Kier alpha value is -3.43. The Morgan fingerprint density at radius 3 is 2.58 bits per heavy atom. The van der Waals surface area contributed by atoms with Crippen LogP contribution in [0.5, 0.6) is 0 Å². The molecule has 0 saturated carbocycles. The number of benzene rings is 2. The first-order chi connectivity index (χ1) is 15.0. The molecule has 0 saturated heterocycles. The molecule has 4 rings (SSSR count). The summed E-state index contributed by atoms with van der Waals surface area (Å²) in [4.78, 5) is 16.5. The minimum Gasteiger partial charge on any atom is -0.341 e. The number of nitrogens with zero attached hydrogens (tertiary/aromatic N) is 2. The third kappa shape index (κ3) is 4.37. The Bertz CT molecular complexity index is 1290. The summed E-state index contributed by atoms with van der Waals surface area (Å²) < 4.78 is 42.0. The van der Waals surface area contributed by atoms with Crippen LogP contribution in [-0.4, -0.2) is 24.9 Å². The quantitative estimate of drug-likeness (QED) is 0.352. The summed E-state index contributed by atoms with van der Waals surface area (Å²) in [5.41, 5.74) is 3.03. The maximum atomic E-state index is 14.2. The smallest absolute Gasteiger partial charge is 0.293 e. The van der Waals surface area contributed by atoms with E-state index in [1.807, 2.05) is 6.07 Å². The molecule has 9 heteroatoms. The Morgan fingerprint density at radius 1 is 1.10 bits per heavy atom. The van der Waals surface area contributed by atoms with Gasteiger partial charge in [-0.25, -0.2) is 19.2 Å². The number of hydroxylamine groups is 1. The van der Waals surface area contributed by atoms with Crippen LogP contribution in [0.1, 0.15) is 21.6 Å². The summed E-state index contributed by atoms with van der Waals surface area (Å²) >= 11 is 0. The van der Waals surface area contributed by atoms with Gasteiger partial charge in [0.25, 0.3) is 5.91 Å². The van der Waals surface area contributed by atoms with Gasteiger partial charge in [-0.2, -0.15) is 0 Å². The Balaban J connectivity index is 1.77. The number of rotatable bonds is 6. The summed E-state index contributed by atoms with van der Waals surface area (Å²) in [6.45, 7) is 0.0911. The largest absolute Gasteiger partial charge is 0.341 e. The molecule has 4 aromatic rings. The summed E-state index contributed by atoms with van der Waals surface area (Å²) in [6.07, 6.45) is 3.15. The van der Waals surface area contributed by atoms with Gasteiger partial charge in [0.2, 0.25) is 0 Å². The van der Waals surface area contributed by atoms with E-state index in [1.54, 1.807) is 35.0 Å². The van der Waals surface area contributed by atoms with Crippen molar-refractivity contribution in [3.05, 3.63) is 95.4 Å². The van der Waals surface area contributed by atoms with Crippen LogP contribution in [0.2, 0.25) is 0 Å². The molecule has 1 unspecified atom stereocenters. The SMILES string of the molecule is O=C(NO)c1cc2c(CS(=O)c3ccccc3)cn(Cc3ccc(F)cc3F)c2cn1. The number of hydrogen-bond acceptors (Lipinski definition) is 4. The number of amides is 1. The molecule has 0 aliphatic carbocycles. The monoisotopic (exact) mass is 441 g/mol. The molecule has 0 aliphatic rings. The van der Waals surface area contributed by atoms with Crippen molar-refractivity contribution in [3.8, 4) is 0 Å². The highest BCUT2D eigenvalue weighted by Gasteiger charge is 2.17. The lowest BCUT2D eigenvalue weighted by Gasteiger charge is -2.07. The Labute approximate surface area is 178 Å². The van der Waals surface area contributed by atoms with E-state index in [2.05, 4.69) is 4.98 Å². The second-order valence-corrected chi connectivity index (χ2v) is 8.30. The van der Waals surface area contributed by atoms with Crippen LogP contribution in [0, 0.1) is 11.6 Å². The number of aromatic nitrogens is 2. The van der Waals surface area contributed by atoms with Crippen LogP contribution < -0.4 is 5.48 Å². The van der Waals surface area contributed by atoms with E-state index in [0.29, 0.717) is 21.4 Å². The third-order valence-corrected chi connectivity index (χ3v) is 6.20. The van der Waals surface area contributed by atoms with Gasteiger partial charge < -0.3 is 4.57 Å². The van der Waals surface area contributed by atoms with Gasteiger partial charge in [0, 0.05) is 28.1 Å². The van der Waals surface area contributed by atoms with Crippen LogP contribution >= 0.6 is 0 Å². The fourth-order valence-electron chi connectivity index (χ4n) is 3.32. The number of nitrogens with one attached hydrogen (secondary N) is 1. The van der Waals surface area contributed by atoms with Crippen molar-refractivity contribution in [1.82, 2.24) is 15.0 Å². The van der Waals surface area contributed by atoms with Gasteiger partial charge in [0.1, 0.15) is 17.3 Å². The van der Waals surface area contributed by atoms with Crippen molar-refractivity contribution in [2.75, 3.05) is 0 Å². The second-order valence-electron chi connectivity index (χ2n) is 6.85. The zero-order valence-corrected chi connectivity index (χ0v) is 16.9. The van der Waals surface area contributed by atoms with Crippen molar-refractivity contribution in [3.63, 3.8) is 0 Å². The molecule has 0 bridgehead atoms. The highest BCUT2D eigenvalue weighted by Crippen LogP contribution is 2.26. The average molecular weight is 441 g/mol. The number of halogens is 2. The normalized spacial score (nSPS) is 12.1. The maximum absolute atomic E-state index is 14.2. The summed E-state index contributed by atoms with van der Waals surface area (Å²) in [7, 11) is -1.36. The molecule has 2 aromatic heterocycles. The highest BCUT2D eigenvalue weighted by molar-refractivity contribution is 7.84. The van der Waals surface area contributed by atoms with Crippen LogP contribution in [-0.2, 0) is 23.1 Å². The van der Waals surface area contributed by atoms with Gasteiger partial charge in [-0.05, 0) is 29.8 Å². The number of hydrogen-bond donors (Lipinski definition) is 2. The number of carbonyl (C=O) groups is 1. The molecule has 2 aromatic carbocycles. The first-order valence-electron chi connectivity index (χ1n) is 9.26. The van der Waals surface area contributed by atoms with Crippen molar-refractivity contribution < 1.29 is 23.0 Å². The summed E-state index contributed by atoms with van der Waals surface area (Å²) in [5.74, 6) is -1.97. The average Bonchev–Trinajstić information content (AvgIpc) is 3.12. The van der Waals surface area contributed by atoms with Crippen molar-refractivity contribution in [2.45, 2.75) is 17.2 Å². The van der Waals surface area contributed by atoms with E-state index >= 15 is 0 Å². The zero-order valence-electron chi connectivity index (χ0n) is 16.1. The Kier molecular flexibility index (Phi) is 5.88. The fraction of sp³-hybridized carbons (Fsp3) is 0.0909. The van der Waals surface area contributed by atoms with E-state index in [-0.39, 0.29) is 23.6 Å². The molecule has 6 nitrogen and oxygen atoms in total. The van der Waals surface area contributed by atoms with E-state index < -0.39 is 28.3 Å². The van der Waals surface area contributed by atoms with Crippen LogP contribution in [0.25, 0.3) is 10.9 Å². The van der Waals surface area contributed by atoms with E-state index in [9.17, 15) is 17.8 Å². The molecule has 0 radical (unpaired) electrons. The Morgan fingerprint density at radius 2 is 1.87 bits per heavy atom. The predicted molar refractivity (Wildman–Crippen MR) is 111 cm³/mol. The second kappa shape index (κ2) is 8.75. The summed E-state index contributed by atoms with van der Waals surface area (Å²) in [6, 6.07) is 13.8. The molecule has 2 N–H and O–H groups in total. The van der Waals surface area contributed by atoms with Gasteiger partial charge in [-0.15, -0.1) is 0 Å². The first-order valence-corrected chi connectivity index (χ1v) is 10.6. The predicted octanol–water partition coefficient (Wildman–Crippen LogP) is 3.79. The number of pyridine rings is 1. The molecule has 0 fully saturated rings. The first kappa shape index (κ1) is 20.8. The van der Waals surface area contributed by atoms with Crippen LogP contribution in [0.4, 0.5) is 8.78 Å². The highest BCUT2D eigenvalue weighted by atomic mass is 32.2. The minimum atomic E-state index is -1.36. The lowest BCUT2D eigenvalue weighted by Crippen LogP contribution is -2.19. The van der Waals surface area contributed by atoms with E-state index in [0.717, 1.165) is 6.07 Å². The van der Waals surface area contributed by atoms with E-state index in [4.69, 9.17) is 5.21 Å². The molecule has 158 valence electrons. The topological polar surface area (TPSA) is 84.2 Å². The lowest BCUT2D eigenvalue weighted by atomic mass is 10.2. The molecule has 0 aliphatic heterocycles. The van der Waals surface area contributed by atoms with Crippen LogP contribution in [0.15, 0.2) is 71.9 Å². The molecule has 1 atom stereocenters. The van der Waals surface area contributed by atoms with Gasteiger partial charge in [-0.1, -0.05) is 24.3 Å². The minimum absolute atomic E-state index is 0.0209. The van der Waals surface area contributed by atoms with Crippen LogP contribution in [0.3, 0.4) is 0 Å². The molecule has 31 heavy (non-hydrogen) atoms. The molecule has 0 spiro atoms. The standard InChI is InChI=1S/C22H17F2N3O3S/c23-16-7-6-14(19(24)8-16)11-27-12-15(13-31(30)17-4-2-1-3-5-17)18-9-20(22(28)26-29)25-10-21(18)27/h1-10,12,29H,11,13H2,(H,26,28). The third-order valence-electron chi connectivity index (χ3n) is 4.83. The van der Waals surface area contributed by atoms with Crippen molar-refractivity contribution in [1.29, 1.82) is 0 Å². The number of fused-ring (bicyclic) bond motifs is 1. The van der Waals surface area contributed by atoms with Crippen molar-refractivity contribution >= 4 is 27.6 Å². The van der Waals surface area contributed by atoms with Gasteiger partial charge in [0.05, 0.1) is 34.8 Å². The molecule has 1 amide bonds. The van der Waals surface area contributed by atoms with Gasteiger partial charge >= 0.3 is 0 Å². The zero-order chi connectivity index (χ0) is 22.0. The summed E-state index contributed by atoms with van der Waals surface area (Å²) in [5, 5.41) is 9.51. The molecular weight excluding hydrogens is 424 g/mol. The molecule has 2 heterocycles. The molecular formula is C22H17F2N3O3S. The van der Waals surface area contributed by atoms with Gasteiger partial charge in [-0.3, -0.25) is 14.2 Å². The van der Waals surface area contributed by atoms with Crippen molar-refractivity contribution in [2.24, 2.45) is 0 Å². The lowest BCUT2D eigenvalue weighted by molar-refractivity contribution is 0.0701. The van der Waals surface area contributed by atoms with E-state index in [1.165, 1.54) is 29.9 Å². The van der Waals surface area contributed by atoms with Gasteiger partial charge in [0.15, 0.2) is 0 Å². The number of carbonyl (C=O) groups excluding carboxylic acids is 1.